The maximum absolute atomic E-state index is 12.6. The Bertz CT molecular complexity index is 941. The fourth-order valence-corrected chi connectivity index (χ4v) is 4.48. The average Bonchev–Trinajstić information content (AvgIpc) is 3.06. The van der Waals surface area contributed by atoms with E-state index in [0.717, 1.165) is 23.4 Å². The number of hydrogen-bond acceptors (Lipinski definition) is 4. The number of para-hydroxylation sites is 1. The van der Waals surface area contributed by atoms with Gasteiger partial charge in [-0.25, -0.2) is 8.42 Å². The fraction of sp³-hybridized carbons (Fsp3) is 0.350. The van der Waals surface area contributed by atoms with Crippen molar-refractivity contribution in [2.45, 2.75) is 26.7 Å². The molecule has 1 aliphatic rings. The van der Waals surface area contributed by atoms with Crippen LogP contribution in [-0.2, 0) is 21.2 Å². The summed E-state index contributed by atoms with van der Waals surface area (Å²) in [5.74, 6) is 0.0769. The maximum atomic E-state index is 12.6. The molecule has 144 valence electrons. The Morgan fingerprint density at radius 1 is 1.11 bits per heavy atom. The molecule has 1 aliphatic heterocycles. The number of benzene rings is 2. The minimum atomic E-state index is -3.35. The van der Waals surface area contributed by atoms with Gasteiger partial charge in [0, 0.05) is 17.9 Å². The Labute approximate surface area is 160 Å². The number of hydrogen-bond donors (Lipinski definition) is 2. The Morgan fingerprint density at radius 2 is 1.85 bits per heavy atom. The van der Waals surface area contributed by atoms with E-state index in [-0.39, 0.29) is 18.2 Å². The number of carbonyl (C=O) groups is 1. The average molecular weight is 388 g/mol. The van der Waals surface area contributed by atoms with Gasteiger partial charge in [0.25, 0.3) is 0 Å². The van der Waals surface area contributed by atoms with Gasteiger partial charge in [-0.05, 0) is 49.1 Å². The van der Waals surface area contributed by atoms with Crippen molar-refractivity contribution in [1.29, 1.82) is 0 Å². The highest BCUT2D eigenvalue weighted by Gasteiger charge is 2.23. The van der Waals surface area contributed by atoms with Gasteiger partial charge in [0.15, 0.2) is 0 Å². The van der Waals surface area contributed by atoms with E-state index in [1.165, 1.54) is 5.56 Å². The van der Waals surface area contributed by atoms with Crippen LogP contribution in [0.2, 0.25) is 0 Å². The summed E-state index contributed by atoms with van der Waals surface area (Å²) in [5, 5.41) is 3.15. The van der Waals surface area contributed by atoms with Crippen LogP contribution in [0.4, 0.5) is 17.1 Å². The van der Waals surface area contributed by atoms with E-state index in [1.807, 2.05) is 44.2 Å². The molecule has 0 saturated heterocycles. The normalized spacial score (nSPS) is 13.3. The molecule has 0 saturated carbocycles. The summed E-state index contributed by atoms with van der Waals surface area (Å²) < 4.78 is 26.7. The molecule has 2 aromatic rings. The second kappa shape index (κ2) is 8.00. The Balaban J connectivity index is 1.68. The number of carbonyl (C=O) groups excluding carboxylic acids is 1. The Kier molecular flexibility index (Phi) is 5.70. The van der Waals surface area contributed by atoms with E-state index < -0.39 is 10.0 Å². The molecule has 27 heavy (non-hydrogen) atoms. The summed E-state index contributed by atoms with van der Waals surface area (Å²) in [6.07, 6.45) is 1.42. The molecule has 2 N–H and O–H groups in total. The van der Waals surface area contributed by atoms with Crippen LogP contribution in [0.5, 0.6) is 0 Å². The molecule has 0 radical (unpaired) electrons. The summed E-state index contributed by atoms with van der Waals surface area (Å²) in [5.41, 5.74) is 4.21. The number of nitrogens with one attached hydrogen (secondary N) is 2. The van der Waals surface area contributed by atoms with Crippen LogP contribution in [0, 0.1) is 6.92 Å². The third kappa shape index (κ3) is 4.42. The quantitative estimate of drug-likeness (QED) is 0.765. The van der Waals surface area contributed by atoms with Gasteiger partial charge in [0.2, 0.25) is 15.9 Å². The lowest BCUT2D eigenvalue weighted by Crippen LogP contribution is -2.34. The van der Waals surface area contributed by atoms with Crippen LogP contribution < -0.4 is 14.9 Å². The van der Waals surface area contributed by atoms with Crippen LogP contribution in [0.1, 0.15) is 24.5 Å². The highest BCUT2D eigenvalue weighted by atomic mass is 32.2. The third-order valence-corrected chi connectivity index (χ3v) is 6.17. The first-order valence-electron chi connectivity index (χ1n) is 9.13. The molecule has 2 aromatic carbocycles. The molecule has 0 unspecified atom stereocenters. The zero-order valence-electron chi connectivity index (χ0n) is 15.7. The Hall–Kier alpha value is -2.54. The van der Waals surface area contributed by atoms with Crippen molar-refractivity contribution < 1.29 is 13.2 Å². The second-order valence-electron chi connectivity index (χ2n) is 6.68. The fourth-order valence-electron chi connectivity index (χ4n) is 3.29. The predicted molar refractivity (Wildman–Crippen MR) is 110 cm³/mol. The van der Waals surface area contributed by atoms with E-state index in [4.69, 9.17) is 0 Å². The first-order chi connectivity index (χ1) is 12.9. The molecule has 7 heteroatoms. The predicted octanol–water partition coefficient (Wildman–Crippen LogP) is 3.15. The van der Waals surface area contributed by atoms with Gasteiger partial charge in [-0.3, -0.25) is 9.52 Å². The largest absolute Gasteiger partial charge is 0.376 e. The van der Waals surface area contributed by atoms with Gasteiger partial charge in [0.1, 0.15) is 0 Å². The highest BCUT2D eigenvalue weighted by molar-refractivity contribution is 7.92. The summed E-state index contributed by atoms with van der Waals surface area (Å²) >= 11 is 0. The summed E-state index contributed by atoms with van der Waals surface area (Å²) in [6, 6.07) is 13.3. The lowest BCUT2D eigenvalue weighted by molar-refractivity contribution is -0.116. The van der Waals surface area contributed by atoms with Crippen molar-refractivity contribution in [3.63, 3.8) is 0 Å². The number of amides is 1. The van der Waals surface area contributed by atoms with Crippen molar-refractivity contribution in [3.05, 3.63) is 53.6 Å². The minimum absolute atomic E-state index is 0.00341. The standard InChI is InChI=1S/C20H25N3O3S/c1-3-13-27(25,26)22-18-9-6-8-17(15(18)2)21-14-20(24)23-12-11-16-7-4-5-10-19(16)23/h4-10,21-22H,3,11-14H2,1-2H3. The number of sulfonamides is 1. The van der Waals surface area contributed by atoms with Gasteiger partial charge in [0.05, 0.1) is 18.0 Å². The Morgan fingerprint density at radius 3 is 2.63 bits per heavy atom. The van der Waals surface area contributed by atoms with Crippen LogP contribution in [0.3, 0.4) is 0 Å². The lowest BCUT2D eigenvalue weighted by atomic mass is 10.1. The molecule has 0 bridgehead atoms. The van der Waals surface area contributed by atoms with Crippen molar-refractivity contribution in [2.75, 3.05) is 33.8 Å². The number of anilines is 3. The first kappa shape index (κ1) is 19.2. The van der Waals surface area contributed by atoms with E-state index >= 15 is 0 Å². The van der Waals surface area contributed by atoms with Gasteiger partial charge in [-0.15, -0.1) is 0 Å². The van der Waals surface area contributed by atoms with Crippen molar-refractivity contribution in [3.8, 4) is 0 Å². The van der Waals surface area contributed by atoms with Crippen LogP contribution >= 0.6 is 0 Å². The zero-order chi connectivity index (χ0) is 19.4. The maximum Gasteiger partial charge on any atom is 0.246 e. The molecule has 0 aliphatic carbocycles. The smallest absolute Gasteiger partial charge is 0.246 e. The van der Waals surface area contributed by atoms with Crippen LogP contribution in [-0.4, -0.2) is 33.2 Å². The monoisotopic (exact) mass is 387 g/mol. The van der Waals surface area contributed by atoms with Crippen molar-refractivity contribution >= 4 is 33.0 Å². The van der Waals surface area contributed by atoms with Crippen molar-refractivity contribution in [2.24, 2.45) is 0 Å². The molecule has 6 nitrogen and oxygen atoms in total. The molecule has 0 atom stereocenters. The number of rotatable bonds is 7. The van der Waals surface area contributed by atoms with Gasteiger partial charge < -0.3 is 10.2 Å². The highest BCUT2D eigenvalue weighted by Crippen LogP contribution is 2.28. The van der Waals surface area contributed by atoms with Gasteiger partial charge in [-0.2, -0.15) is 0 Å². The SMILES string of the molecule is CCCS(=O)(=O)Nc1cccc(NCC(=O)N2CCc3ccccc32)c1C. The molecule has 3 rings (SSSR count). The molecule has 1 amide bonds. The van der Waals surface area contributed by atoms with E-state index in [2.05, 4.69) is 10.0 Å². The van der Waals surface area contributed by atoms with Crippen LogP contribution in [0.15, 0.2) is 42.5 Å². The zero-order valence-corrected chi connectivity index (χ0v) is 16.5. The number of nitrogens with zero attached hydrogens (tertiary/aromatic N) is 1. The van der Waals surface area contributed by atoms with Crippen molar-refractivity contribution in [1.82, 2.24) is 0 Å². The molecule has 0 spiro atoms. The molecular formula is C20H25N3O3S. The first-order valence-corrected chi connectivity index (χ1v) is 10.8. The molecule has 0 fully saturated rings. The lowest BCUT2D eigenvalue weighted by Gasteiger charge is -2.19. The molecule has 1 heterocycles. The second-order valence-corrected chi connectivity index (χ2v) is 8.52. The summed E-state index contributed by atoms with van der Waals surface area (Å²) in [6.45, 7) is 4.50. The van der Waals surface area contributed by atoms with Gasteiger partial charge in [-0.1, -0.05) is 31.2 Å². The number of fused-ring (bicyclic) bond motifs is 1. The van der Waals surface area contributed by atoms with E-state index in [1.54, 1.807) is 17.0 Å². The van der Waals surface area contributed by atoms with E-state index in [9.17, 15) is 13.2 Å². The third-order valence-electron chi connectivity index (χ3n) is 4.69. The molecular weight excluding hydrogens is 362 g/mol. The van der Waals surface area contributed by atoms with E-state index in [0.29, 0.717) is 18.7 Å². The summed E-state index contributed by atoms with van der Waals surface area (Å²) in [7, 11) is -3.35. The minimum Gasteiger partial charge on any atom is -0.376 e. The summed E-state index contributed by atoms with van der Waals surface area (Å²) in [4.78, 5) is 14.4. The van der Waals surface area contributed by atoms with Gasteiger partial charge >= 0.3 is 0 Å². The van der Waals surface area contributed by atoms with Crippen LogP contribution in [0.25, 0.3) is 0 Å². The topological polar surface area (TPSA) is 78.5 Å². The molecule has 0 aromatic heterocycles.